The van der Waals surface area contributed by atoms with Crippen LogP contribution < -0.4 is 15.8 Å². The zero-order chi connectivity index (χ0) is 22.9. The number of aliphatic imine (C=N–C) groups is 1. The molecule has 0 saturated heterocycles. The Balaban J connectivity index is 1.69. The zero-order valence-electron chi connectivity index (χ0n) is 19.3. The molecule has 1 fully saturated rings. The standard InChI is InChI=1S/C23H35N7O2/c1-25-15-21(31-16-30(4)13-12-29(2)3)27-23-26-14-17-6-5-7-20(22(17)28-23)32-19-10-8-18(24)9-11-19/h5-7,14-15,18-19H,1,8-13,16,24H2,2-4H3,(H,26,27,28)/b21-15-. The molecule has 2 aromatic rings. The summed E-state index contributed by atoms with van der Waals surface area (Å²) < 4.78 is 12.1. The molecule has 1 aliphatic carbocycles. The van der Waals surface area contributed by atoms with Crippen LogP contribution in [0.3, 0.4) is 0 Å². The molecule has 0 spiro atoms. The van der Waals surface area contributed by atoms with E-state index in [1.54, 1.807) is 6.20 Å². The zero-order valence-corrected chi connectivity index (χ0v) is 19.3. The highest BCUT2D eigenvalue weighted by Crippen LogP contribution is 2.29. The number of hydrogen-bond donors (Lipinski definition) is 2. The number of aromatic nitrogens is 2. The number of anilines is 1. The van der Waals surface area contributed by atoms with E-state index in [-0.39, 0.29) is 12.1 Å². The summed E-state index contributed by atoms with van der Waals surface area (Å²) in [5.41, 5.74) is 6.78. The van der Waals surface area contributed by atoms with E-state index in [1.807, 2.05) is 39.3 Å². The SMILES string of the molecule is C=N/C=C(/Nc1ncc2cccc(OC3CCC(N)CC3)c2n1)OCN(C)CCN(C)C. The Kier molecular flexibility index (Phi) is 8.78. The summed E-state index contributed by atoms with van der Waals surface area (Å²) in [6.07, 6.45) is 7.34. The monoisotopic (exact) mass is 441 g/mol. The van der Waals surface area contributed by atoms with Gasteiger partial charge in [0.05, 0.1) is 12.3 Å². The van der Waals surface area contributed by atoms with Gasteiger partial charge in [0, 0.05) is 30.7 Å². The Bertz CT molecular complexity index is 910. The number of rotatable bonds is 11. The molecule has 1 saturated carbocycles. The van der Waals surface area contributed by atoms with Crippen LogP contribution >= 0.6 is 0 Å². The number of ether oxygens (including phenoxy) is 2. The highest BCUT2D eigenvalue weighted by molar-refractivity contribution is 5.84. The summed E-state index contributed by atoms with van der Waals surface area (Å²) in [6, 6.07) is 6.17. The molecule has 174 valence electrons. The van der Waals surface area contributed by atoms with Crippen molar-refractivity contribution >= 4 is 23.6 Å². The number of likely N-dealkylation sites (N-methyl/N-ethyl adjacent to an activating group) is 2. The molecule has 0 aliphatic heterocycles. The molecule has 32 heavy (non-hydrogen) atoms. The van der Waals surface area contributed by atoms with Crippen molar-refractivity contribution in [2.45, 2.75) is 37.8 Å². The van der Waals surface area contributed by atoms with E-state index in [1.165, 1.54) is 6.20 Å². The van der Waals surface area contributed by atoms with Gasteiger partial charge in [-0.1, -0.05) is 12.1 Å². The number of nitrogens with zero attached hydrogens (tertiary/aromatic N) is 5. The van der Waals surface area contributed by atoms with Gasteiger partial charge in [0.1, 0.15) is 18.0 Å². The molecule has 0 amide bonds. The van der Waals surface area contributed by atoms with E-state index in [0.717, 1.165) is 55.4 Å². The number of para-hydroxylation sites is 1. The minimum absolute atomic E-state index is 0.160. The van der Waals surface area contributed by atoms with E-state index in [0.29, 0.717) is 18.6 Å². The number of fused-ring (bicyclic) bond motifs is 1. The van der Waals surface area contributed by atoms with Crippen molar-refractivity contribution < 1.29 is 9.47 Å². The predicted octanol–water partition coefficient (Wildman–Crippen LogP) is 2.66. The van der Waals surface area contributed by atoms with Crippen molar-refractivity contribution in [2.75, 3.05) is 46.3 Å². The highest BCUT2D eigenvalue weighted by Gasteiger charge is 2.21. The van der Waals surface area contributed by atoms with Crippen molar-refractivity contribution in [1.82, 2.24) is 19.8 Å². The van der Waals surface area contributed by atoms with Crippen molar-refractivity contribution in [3.05, 3.63) is 36.5 Å². The molecular formula is C23H35N7O2. The van der Waals surface area contributed by atoms with Crippen LogP contribution in [0.4, 0.5) is 5.95 Å². The first-order chi connectivity index (χ1) is 15.4. The van der Waals surface area contributed by atoms with Gasteiger partial charge in [0.15, 0.2) is 0 Å². The largest absolute Gasteiger partial charge is 0.488 e. The van der Waals surface area contributed by atoms with Crippen molar-refractivity contribution in [2.24, 2.45) is 10.7 Å². The van der Waals surface area contributed by atoms with Gasteiger partial charge in [-0.15, -0.1) is 0 Å². The smallest absolute Gasteiger partial charge is 0.230 e. The van der Waals surface area contributed by atoms with E-state index in [2.05, 4.69) is 36.8 Å². The maximum atomic E-state index is 6.29. The average Bonchev–Trinajstić information content (AvgIpc) is 2.78. The first kappa shape index (κ1) is 23.9. The fourth-order valence-corrected chi connectivity index (χ4v) is 3.48. The third-order valence-electron chi connectivity index (χ3n) is 5.40. The first-order valence-corrected chi connectivity index (χ1v) is 11.0. The van der Waals surface area contributed by atoms with Crippen molar-refractivity contribution in [3.8, 4) is 5.75 Å². The Hall–Kier alpha value is -2.75. The molecule has 3 rings (SSSR count). The second kappa shape index (κ2) is 11.8. The number of nitrogens with one attached hydrogen (secondary N) is 1. The van der Waals surface area contributed by atoms with Gasteiger partial charge in [-0.2, -0.15) is 0 Å². The summed E-state index contributed by atoms with van der Waals surface area (Å²) in [6.45, 7) is 5.74. The molecule has 1 aliphatic rings. The van der Waals surface area contributed by atoms with Gasteiger partial charge in [0.25, 0.3) is 0 Å². The topological polar surface area (TPSA) is 101 Å². The predicted molar refractivity (Wildman–Crippen MR) is 129 cm³/mol. The minimum Gasteiger partial charge on any atom is -0.488 e. The maximum Gasteiger partial charge on any atom is 0.230 e. The Morgan fingerprint density at radius 2 is 2.03 bits per heavy atom. The lowest BCUT2D eigenvalue weighted by atomic mass is 9.94. The van der Waals surface area contributed by atoms with E-state index >= 15 is 0 Å². The summed E-state index contributed by atoms with van der Waals surface area (Å²) in [4.78, 5) is 17.1. The first-order valence-electron chi connectivity index (χ1n) is 11.0. The number of benzene rings is 1. The quantitative estimate of drug-likeness (QED) is 0.312. The van der Waals surface area contributed by atoms with Crippen LogP contribution in [0.5, 0.6) is 5.75 Å². The lowest BCUT2D eigenvalue weighted by molar-refractivity contribution is 0.0893. The van der Waals surface area contributed by atoms with E-state index in [9.17, 15) is 0 Å². The lowest BCUT2D eigenvalue weighted by Crippen LogP contribution is -2.31. The molecule has 0 bridgehead atoms. The van der Waals surface area contributed by atoms with Crippen LogP contribution in [0, 0.1) is 0 Å². The molecule has 1 aromatic carbocycles. The molecule has 3 N–H and O–H groups in total. The molecule has 1 heterocycles. The molecule has 0 radical (unpaired) electrons. The second-order valence-corrected chi connectivity index (χ2v) is 8.50. The molecule has 9 nitrogen and oxygen atoms in total. The van der Waals surface area contributed by atoms with E-state index in [4.69, 9.17) is 15.2 Å². The summed E-state index contributed by atoms with van der Waals surface area (Å²) in [7, 11) is 6.08. The Labute approximate surface area is 190 Å². The van der Waals surface area contributed by atoms with Crippen LogP contribution in [-0.2, 0) is 4.74 Å². The summed E-state index contributed by atoms with van der Waals surface area (Å²) >= 11 is 0. The van der Waals surface area contributed by atoms with Crippen LogP contribution in [0.25, 0.3) is 10.9 Å². The maximum absolute atomic E-state index is 6.29. The fraction of sp³-hybridized carbons (Fsp3) is 0.522. The van der Waals surface area contributed by atoms with Crippen molar-refractivity contribution in [3.63, 3.8) is 0 Å². The number of hydrogen-bond acceptors (Lipinski definition) is 9. The van der Waals surface area contributed by atoms with Gasteiger partial charge >= 0.3 is 0 Å². The minimum atomic E-state index is 0.160. The average molecular weight is 442 g/mol. The molecule has 9 heteroatoms. The van der Waals surface area contributed by atoms with Gasteiger partial charge in [0.2, 0.25) is 11.8 Å². The van der Waals surface area contributed by atoms with Gasteiger partial charge in [-0.05, 0) is 59.6 Å². The van der Waals surface area contributed by atoms with Crippen LogP contribution in [-0.4, -0.2) is 79.6 Å². The Morgan fingerprint density at radius 1 is 1.25 bits per heavy atom. The third kappa shape index (κ3) is 7.15. The lowest BCUT2D eigenvalue weighted by Gasteiger charge is -2.27. The van der Waals surface area contributed by atoms with E-state index < -0.39 is 0 Å². The summed E-state index contributed by atoms with van der Waals surface area (Å²) in [5.74, 6) is 1.59. The van der Waals surface area contributed by atoms with Gasteiger partial charge in [-0.3, -0.25) is 15.2 Å². The van der Waals surface area contributed by atoms with Crippen LogP contribution in [0.1, 0.15) is 25.7 Å². The van der Waals surface area contributed by atoms with Gasteiger partial charge in [-0.25, -0.2) is 9.97 Å². The van der Waals surface area contributed by atoms with Crippen LogP contribution in [0.2, 0.25) is 0 Å². The normalized spacial score (nSPS) is 19.4. The molecule has 0 atom stereocenters. The molecular weight excluding hydrogens is 406 g/mol. The summed E-state index contributed by atoms with van der Waals surface area (Å²) in [5, 5.41) is 4.02. The van der Waals surface area contributed by atoms with Gasteiger partial charge < -0.3 is 20.1 Å². The second-order valence-electron chi connectivity index (χ2n) is 8.50. The fourth-order valence-electron chi connectivity index (χ4n) is 3.48. The highest BCUT2D eigenvalue weighted by atomic mass is 16.5. The molecule has 0 unspecified atom stereocenters. The third-order valence-corrected chi connectivity index (χ3v) is 5.40. The molecule has 1 aromatic heterocycles. The van der Waals surface area contributed by atoms with Crippen LogP contribution in [0.15, 0.2) is 41.5 Å². The number of nitrogens with two attached hydrogens (primary N) is 1. The Morgan fingerprint density at radius 3 is 2.75 bits per heavy atom. The van der Waals surface area contributed by atoms with Crippen molar-refractivity contribution in [1.29, 1.82) is 0 Å².